The number of amides is 2. The topological polar surface area (TPSA) is 98.6 Å². The summed E-state index contributed by atoms with van der Waals surface area (Å²) in [5.41, 5.74) is 0.833. The Kier molecular flexibility index (Phi) is 6.91. The number of hydrogen-bond acceptors (Lipinski definition) is 6. The molecule has 1 N–H and O–H groups in total. The third-order valence-corrected chi connectivity index (χ3v) is 5.10. The first-order valence-corrected chi connectivity index (χ1v) is 10.1. The number of aromatic nitrogens is 3. The minimum absolute atomic E-state index is 0.0259. The van der Waals surface area contributed by atoms with Gasteiger partial charge in [-0.05, 0) is 37.0 Å². The molecule has 1 unspecified atom stereocenters. The summed E-state index contributed by atoms with van der Waals surface area (Å²) in [5.74, 6) is 1.15. The molecule has 30 heavy (non-hydrogen) atoms. The number of nitrogens with zero attached hydrogens (tertiary/aromatic N) is 4. The fourth-order valence-corrected chi connectivity index (χ4v) is 3.45. The molecule has 9 nitrogen and oxygen atoms in total. The van der Waals surface area contributed by atoms with Crippen LogP contribution < -0.4 is 14.8 Å². The lowest BCUT2D eigenvalue weighted by Crippen LogP contribution is -2.40. The van der Waals surface area contributed by atoms with Gasteiger partial charge in [0.05, 0.1) is 26.5 Å². The number of carbonyl (C=O) groups excluding carboxylic acids is 2. The van der Waals surface area contributed by atoms with Gasteiger partial charge in [-0.1, -0.05) is 19.1 Å². The first-order valence-electron chi connectivity index (χ1n) is 10.1. The van der Waals surface area contributed by atoms with Crippen LogP contribution in [0.4, 0.5) is 0 Å². The third-order valence-electron chi connectivity index (χ3n) is 5.10. The molecule has 3 rings (SSSR count). The van der Waals surface area contributed by atoms with Gasteiger partial charge in [0, 0.05) is 25.2 Å². The molecule has 2 amide bonds. The van der Waals surface area contributed by atoms with Gasteiger partial charge in [0.25, 0.3) is 11.8 Å². The van der Waals surface area contributed by atoms with E-state index in [0.29, 0.717) is 48.3 Å². The standard InChI is InChI=1S/C21H29N5O4/c1-14(2)11-22-20(27)17-13-26(24-23-17)16-6-5-9-25(12-16)21(28)15-7-8-18(29-3)19(10-15)30-4/h7-8,10,13-14,16H,5-6,9,11-12H2,1-4H3,(H,22,27). The monoisotopic (exact) mass is 415 g/mol. The van der Waals surface area contributed by atoms with Crippen molar-refractivity contribution in [2.75, 3.05) is 33.9 Å². The van der Waals surface area contributed by atoms with Crippen molar-refractivity contribution in [2.45, 2.75) is 32.7 Å². The second-order valence-electron chi connectivity index (χ2n) is 7.80. The van der Waals surface area contributed by atoms with Crippen LogP contribution in [0.15, 0.2) is 24.4 Å². The second kappa shape index (κ2) is 9.60. The van der Waals surface area contributed by atoms with Crippen molar-refractivity contribution in [2.24, 2.45) is 5.92 Å². The summed E-state index contributed by atoms with van der Waals surface area (Å²) in [6.45, 7) is 5.82. The molecule has 1 aromatic heterocycles. The van der Waals surface area contributed by atoms with E-state index >= 15 is 0 Å². The van der Waals surface area contributed by atoms with Gasteiger partial charge in [0.15, 0.2) is 17.2 Å². The molecule has 9 heteroatoms. The van der Waals surface area contributed by atoms with Gasteiger partial charge in [-0.2, -0.15) is 0 Å². The maximum absolute atomic E-state index is 13.0. The molecule has 0 saturated carbocycles. The molecule has 1 aromatic carbocycles. The average Bonchev–Trinajstić information content (AvgIpc) is 3.27. The number of hydrogen-bond donors (Lipinski definition) is 1. The lowest BCUT2D eigenvalue weighted by atomic mass is 10.0. The van der Waals surface area contributed by atoms with Crippen LogP contribution in [-0.4, -0.2) is 65.6 Å². The largest absolute Gasteiger partial charge is 0.493 e. The third kappa shape index (κ3) is 4.90. The summed E-state index contributed by atoms with van der Waals surface area (Å²) in [4.78, 5) is 27.0. The van der Waals surface area contributed by atoms with Gasteiger partial charge in [-0.25, -0.2) is 4.68 Å². The Morgan fingerprint density at radius 3 is 2.70 bits per heavy atom. The van der Waals surface area contributed by atoms with Gasteiger partial charge < -0.3 is 19.7 Å². The van der Waals surface area contributed by atoms with Crippen molar-refractivity contribution >= 4 is 11.8 Å². The zero-order valence-corrected chi connectivity index (χ0v) is 17.9. The molecule has 0 bridgehead atoms. The SMILES string of the molecule is COc1ccc(C(=O)N2CCCC(n3cc(C(=O)NCC(C)C)nn3)C2)cc1OC. The molecule has 0 radical (unpaired) electrons. The highest BCUT2D eigenvalue weighted by molar-refractivity contribution is 5.95. The molecule has 1 fully saturated rings. The van der Waals surface area contributed by atoms with Crippen molar-refractivity contribution in [1.82, 2.24) is 25.2 Å². The number of carbonyl (C=O) groups is 2. The van der Waals surface area contributed by atoms with E-state index in [1.807, 2.05) is 13.8 Å². The summed E-state index contributed by atoms with van der Waals surface area (Å²) < 4.78 is 12.2. The molecular formula is C21H29N5O4. The predicted octanol–water partition coefficient (Wildman–Crippen LogP) is 2.16. The van der Waals surface area contributed by atoms with Gasteiger partial charge in [-0.15, -0.1) is 5.10 Å². The Bertz CT molecular complexity index is 895. The number of ether oxygens (including phenoxy) is 2. The predicted molar refractivity (Wildman–Crippen MR) is 111 cm³/mol. The highest BCUT2D eigenvalue weighted by Crippen LogP contribution is 2.29. The molecule has 1 aliphatic rings. The first-order chi connectivity index (χ1) is 14.4. The minimum Gasteiger partial charge on any atom is -0.493 e. The summed E-state index contributed by atoms with van der Waals surface area (Å²) >= 11 is 0. The molecular weight excluding hydrogens is 386 g/mol. The zero-order valence-electron chi connectivity index (χ0n) is 17.9. The van der Waals surface area contributed by atoms with Crippen LogP contribution in [0.1, 0.15) is 53.6 Å². The van der Waals surface area contributed by atoms with E-state index in [1.165, 1.54) is 0 Å². The molecule has 2 heterocycles. The van der Waals surface area contributed by atoms with E-state index in [9.17, 15) is 9.59 Å². The second-order valence-corrected chi connectivity index (χ2v) is 7.80. The molecule has 2 aromatic rings. The highest BCUT2D eigenvalue weighted by atomic mass is 16.5. The van der Waals surface area contributed by atoms with Gasteiger partial charge in [0.1, 0.15) is 0 Å². The smallest absolute Gasteiger partial charge is 0.273 e. The normalized spacial score (nSPS) is 16.4. The van der Waals surface area contributed by atoms with E-state index < -0.39 is 0 Å². The Morgan fingerprint density at radius 2 is 2.00 bits per heavy atom. The van der Waals surface area contributed by atoms with Crippen LogP contribution in [0.3, 0.4) is 0 Å². The maximum atomic E-state index is 13.0. The van der Waals surface area contributed by atoms with Gasteiger partial charge in [-0.3, -0.25) is 9.59 Å². The molecule has 0 aliphatic carbocycles. The Morgan fingerprint density at radius 1 is 1.23 bits per heavy atom. The van der Waals surface area contributed by atoms with Crippen molar-refractivity contribution < 1.29 is 19.1 Å². The minimum atomic E-state index is -0.232. The summed E-state index contributed by atoms with van der Waals surface area (Å²) in [6, 6.07) is 5.13. The number of benzene rings is 1. The molecule has 1 atom stereocenters. The average molecular weight is 415 g/mol. The summed E-state index contributed by atoms with van der Waals surface area (Å²) in [7, 11) is 3.10. The molecule has 1 saturated heterocycles. The maximum Gasteiger partial charge on any atom is 0.273 e. The van der Waals surface area contributed by atoms with Crippen LogP contribution in [-0.2, 0) is 0 Å². The van der Waals surface area contributed by atoms with Crippen LogP contribution in [0.2, 0.25) is 0 Å². The fraction of sp³-hybridized carbons (Fsp3) is 0.524. The first kappa shape index (κ1) is 21.6. The quantitative estimate of drug-likeness (QED) is 0.744. The van der Waals surface area contributed by atoms with Crippen LogP contribution in [0.25, 0.3) is 0 Å². The number of methoxy groups -OCH3 is 2. The summed E-state index contributed by atoms with van der Waals surface area (Å²) in [5, 5.41) is 11.0. The van der Waals surface area contributed by atoms with E-state index in [4.69, 9.17) is 9.47 Å². The number of rotatable bonds is 7. The number of piperidine rings is 1. The van der Waals surface area contributed by atoms with Crippen molar-refractivity contribution in [3.05, 3.63) is 35.7 Å². The number of nitrogens with one attached hydrogen (secondary N) is 1. The molecule has 162 valence electrons. The van der Waals surface area contributed by atoms with E-state index in [0.717, 1.165) is 12.8 Å². The van der Waals surface area contributed by atoms with E-state index in [-0.39, 0.29) is 17.9 Å². The number of likely N-dealkylation sites (tertiary alicyclic amines) is 1. The van der Waals surface area contributed by atoms with E-state index in [1.54, 1.807) is 48.2 Å². The Hall–Kier alpha value is -3.10. The van der Waals surface area contributed by atoms with Crippen LogP contribution in [0, 0.1) is 5.92 Å². The van der Waals surface area contributed by atoms with Crippen molar-refractivity contribution in [3.63, 3.8) is 0 Å². The summed E-state index contributed by atoms with van der Waals surface area (Å²) in [6.07, 6.45) is 3.37. The van der Waals surface area contributed by atoms with Crippen LogP contribution >= 0.6 is 0 Å². The zero-order chi connectivity index (χ0) is 21.7. The van der Waals surface area contributed by atoms with Crippen molar-refractivity contribution in [1.29, 1.82) is 0 Å². The Balaban J connectivity index is 1.68. The fourth-order valence-electron chi connectivity index (χ4n) is 3.45. The van der Waals surface area contributed by atoms with E-state index in [2.05, 4.69) is 15.6 Å². The Labute approximate surface area is 176 Å². The lowest BCUT2D eigenvalue weighted by molar-refractivity contribution is 0.0671. The molecule has 1 aliphatic heterocycles. The van der Waals surface area contributed by atoms with Gasteiger partial charge in [0.2, 0.25) is 0 Å². The van der Waals surface area contributed by atoms with Gasteiger partial charge >= 0.3 is 0 Å². The van der Waals surface area contributed by atoms with Crippen molar-refractivity contribution in [3.8, 4) is 11.5 Å². The highest BCUT2D eigenvalue weighted by Gasteiger charge is 2.27. The molecule has 0 spiro atoms. The lowest BCUT2D eigenvalue weighted by Gasteiger charge is -2.32. The van der Waals surface area contributed by atoms with Crippen LogP contribution in [0.5, 0.6) is 11.5 Å².